The number of oxime groups is 1. The molecule has 1 unspecified atom stereocenters. The standard InChI is InChI=1S/C12H23N3O3/c1-3-18-10-4-9(5-10)6-11(16)14-7-8(2)12(13)15-17/h8-10,17H,3-7H2,1-2H3,(H2,13,15)(H,14,16). The van der Waals surface area contributed by atoms with Crippen LogP contribution in [0.1, 0.15) is 33.1 Å². The van der Waals surface area contributed by atoms with Gasteiger partial charge in [0.15, 0.2) is 0 Å². The summed E-state index contributed by atoms with van der Waals surface area (Å²) in [5.74, 6) is 0.431. The normalized spacial score (nSPS) is 25.3. The largest absolute Gasteiger partial charge is 0.409 e. The average Bonchev–Trinajstić information content (AvgIpc) is 2.32. The lowest BCUT2D eigenvalue weighted by molar-refractivity contribution is -0.124. The first-order chi connectivity index (χ1) is 8.56. The van der Waals surface area contributed by atoms with E-state index in [0.29, 0.717) is 25.0 Å². The number of rotatable bonds is 7. The molecule has 1 atom stereocenters. The Morgan fingerprint density at radius 3 is 2.83 bits per heavy atom. The van der Waals surface area contributed by atoms with Gasteiger partial charge in [-0.25, -0.2) is 0 Å². The maximum absolute atomic E-state index is 11.6. The fourth-order valence-electron chi connectivity index (χ4n) is 2.02. The summed E-state index contributed by atoms with van der Waals surface area (Å²) in [7, 11) is 0. The van der Waals surface area contributed by atoms with E-state index in [0.717, 1.165) is 19.4 Å². The summed E-state index contributed by atoms with van der Waals surface area (Å²) in [5, 5.41) is 14.2. The monoisotopic (exact) mass is 257 g/mol. The molecule has 0 heterocycles. The van der Waals surface area contributed by atoms with Gasteiger partial charge in [0, 0.05) is 25.5 Å². The van der Waals surface area contributed by atoms with Gasteiger partial charge in [0.1, 0.15) is 5.84 Å². The lowest BCUT2D eigenvalue weighted by Crippen LogP contribution is -2.38. The molecule has 1 amide bonds. The van der Waals surface area contributed by atoms with Gasteiger partial charge in [-0.05, 0) is 25.7 Å². The number of nitrogens with two attached hydrogens (primary N) is 1. The number of amidine groups is 1. The number of ether oxygens (including phenoxy) is 1. The first-order valence-electron chi connectivity index (χ1n) is 6.42. The van der Waals surface area contributed by atoms with Crippen molar-refractivity contribution in [3.05, 3.63) is 0 Å². The highest BCUT2D eigenvalue weighted by Crippen LogP contribution is 2.32. The number of nitrogens with zero attached hydrogens (tertiary/aromatic N) is 1. The van der Waals surface area contributed by atoms with E-state index in [4.69, 9.17) is 15.7 Å². The van der Waals surface area contributed by atoms with Gasteiger partial charge < -0.3 is 21.0 Å². The topological polar surface area (TPSA) is 96.9 Å². The highest BCUT2D eigenvalue weighted by Gasteiger charge is 2.30. The molecule has 1 rings (SSSR count). The minimum Gasteiger partial charge on any atom is -0.409 e. The Bertz CT molecular complexity index is 301. The van der Waals surface area contributed by atoms with Crippen molar-refractivity contribution in [2.45, 2.75) is 39.2 Å². The number of hydrogen-bond acceptors (Lipinski definition) is 4. The zero-order chi connectivity index (χ0) is 13.5. The van der Waals surface area contributed by atoms with E-state index < -0.39 is 0 Å². The van der Waals surface area contributed by atoms with Crippen molar-refractivity contribution >= 4 is 11.7 Å². The molecule has 6 heteroatoms. The molecule has 1 aliphatic rings. The molecule has 1 fully saturated rings. The van der Waals surface area contributed by atoms with E-state index in [1.807, 2.05) is 6.92 Å². The molecule has 1 saturated carbocycles. The third kappa shape index (κ3) is 4.52. The molecular weight excluding hydrogens is 234 g/mol. The Labute approximate surface area is 108 Å². The zero-order valence-electron chi connectivity index (χ0n) is 11.1. The molecule has 4 N–H and O–H groups in total. The second-order valence-electron chi connectivity index (χ2n) is 4.85. The molecule has 0 aromatic rings. The van der Waals surface area contributed by atoms with Gasteiger partial charge in [-0.3, -0.25) is 4.79 Å². The van der Waals surface area contributed by atoms with E-state index in [2.05, 4.69) is 10.5 Å². The summed E-state index contributed by atoms with van der Waals surface area (Å²) in [6.07, 6.45) is 2.81. The van der Waals surface area contributed by atoms with Gasteiger partial charge >= 0.3 is 0 Å². The van der Waals surface area contributed by atoms with E-state index in [1.54, 1.807) is 6.92 Å². The molecule has 1 aliphatic carbocycles. The molecule has 104 valence electrons. The molecular formula is C12H23N3O3. The van der Waals surface area contributed by atoms with E-state index in [1.165, 1.54) is 0 Å². The van der Waals surface area contributed by atoms with Crippen LogP contribution < -0.4 is 11.1 Å². The molecule has 0 saturated heterocycles. The lowest BCUT2D eigenvalue weighted by Gasteiger charge is -2.34. The van der Waals surface area contributed by atoms with E-state index >= 15 is 0 Å². The predicted molar refractivity (Wildman–Crippen MR) is 68.3 cm³/mol. The van der Waals surface area contributed by atoms with Crippen LogP contribution in [0.2, 0.25) is 0 Å². The van der Waals surface area contributed by atoms with Crippen molar-refractivity contribution in [2.24, 2.45) is 22.7 Å². The van der Waals surface area contributed by atoms with Gasteiger partial charge in [0.05, 0.1) is 6.10 Å². The second-order valence-corrected chi connectivity index (χ2v) is 4.85. The zero-order valence-corrected chi connectivity index (χ0v) is 11.1. The van der Waals surface area contributed by atoms with Crippen LogP contribution in [-0.2, 0) is 9.53 Å². The van der Waals surface area contributed by atoms with Crippen LogP contribution >= 0.6 is 0 Å². The number of carbonyl (C=O) groups is 1. The highest BCUT2D eigenvalue weighted by molar-refractivity contribution is 5.83. The summed E-state index contributed by atoms with van der Waals surface area (Å²) >= 11 is 0. The minimum absolute atomic E-state index is 0.0209. The maximum Gasteiger partial charge on any atom is 0.220 e. The Kier molecular flexibility index (Phi) is 5.91. The molecule has 6 nitrogen and oxygen atoms in total. The van der Waals surface area contributed by atoms with Crippen molar-refractivity contribution in [3.8, 4) is 0 Å². The van der Waals surface area contributed by atoms with Gasteiger partial charge in [-0.2, -0.15) is 0 Å². The smallest absolute Gasteiger partial charge is 0.220 e. The molecule has 0 aromatic carbocycles. The van der Waals surface area contributed by atoms with Crippen molar-refractivity contribution in [1.29, 1.82) is 0 Å². The number of carbonyl (C=O) groups excluding carboxylic acids is 1. The van der Waals surface area contributed by atoms with Crippen LogP contribution in [-0.4, -0.2) is 36.2 Å². The predicted octanol–water partition coefficient (Wildman–Crippen LogP) is 0.690. The highest BCUT2D eigenvalue weighted by atomic mass is 16.5. The van der Waals surface area contributed by atoms with Crippen molar-refractivity contribution in [3.63, 3.8) is 0 Å². The van der Waals surface area contributed by atoms with Crippen LogP contribution in [0.4, 0.5) is 0 Å². The first kappa shape index (κ1) is 14.8. The molecule has 0 aliphatic heterocycles. The third-order valence-electron chi connectivity index (χ3n) is 3.29. The number of amides is 1. The van der Waals surface area contributed by atoms with Gasteiger partial charge in [-0.1, -0.05) is 12.1 Å². The summed E-state index contributed by atoms with van der Waals surface area (Å²) in [5.41, 5.74) is 5.42. The molecule has 0 spiro atoms. The fraction of sp³-hybridized carbons (Fsp3) is 0.833. The Hall–Kier alpha value is -1.30. The first-order valence-corrected chi connectivity index (χ1v) is 6.42. The lowest BCUT2D eigenvalue weighted by atomic mass is 9.80. The number of nitrogens with one attached hydrogen (secondary N) is 1. The van der Waals surface area contributed by atoms with Crippen LogP contribution in [0, 0.1) is 11.8 Å². The van der Waals surface area contributed by atoms with E-state index in [-0.39, 0.29) is 17.7 Å². The molecule has 0 radical (unpaired) electrons. The molecule has 0 aromatic heterocycles. The third-order valence-corrected chi connectivity index (χ3v) is 3.29. The minimum atomic E-state index is -0.156. The van der Waals surface area contributed by atoms with Crippen molar-refractivity contribution in [2.75, 3.05) is 13.2 Å². The van der Waals surface area contributed by atoms with E-state index in [9.17, 15) is 4.79 Å². The molecule has 0 bridgehead atoms. The quantitative estimate of drug-likeness (QED) is 0.270. The van der Waals surface area contributed by atoms with Gasteiger partial charge in [-0.15, -0.1) is 0 Å². The Morgan fingerprint density at radius 1 is 1.61 bits per heavy atom. The van der Waals surface area contributed by atoms with Crippen LogP contribution in [0.3, 0.4) is 0 Å². The summed E-state index contributed by atoms with van der Waals surface area (Å²) < 4.78 is 5.44. The molecule has 18 heavy (non-hydrogen) atoms. The summed E-state index contributed by atoms with van der Waals surface area (Å²) in [4.78, 5) is 11.6. The van der Waals surface area contributed by atoms with Gasteiger partial charge in [0.2, 0.25) is 5.91 Å². The number of hydrogen-bond donors (Lipinski definition) is 3. The Morgan fingerprint density at radius 2 is 2.28 bits per heavy atom. The van der Waals surface area contributed by atoms with Crippen LogP contribution in [0.15, 0.2) is 5.16 Å². The van der Waals surface area contributed by atoms with Crippen LogP contribution in [0.5, 0.6) is 0 Å². The van der Waals surface area contributed by atoms with Crippen molar-refractivity contribution in [1.82, 2.24) is 5.32 Å². The fourth-order valence-corrected chi connectivity index (χ4v) is 2.02. The van der Waals surface area contributed by atoms with Gasteiger partial charge in [0.25, 0.3) is 0 Å². The average molecular weight is 257 g/mol. The van der Waals surface area contributed by atoms with Crippen molar-refractivity contribution < 1.29 is 14.7 Å². The second kappa shape index (κ2) is 7.20. The Balaban J connectivity index is 2.12. The summed E-state index contributed by atoms with van der Waals surface area (Å²) in [6.45, 7) is 4.91. The maximum atomic E-state index is 11.6. The van der Waals surface area contributed by atoms with Crippen LogP contribution in [0.25, 0.3) is 0 Å². The summed E-state index contributed by atoms with van der Waals surface area (Å²) in [6, 6.07) is 0. The SMILES string of the molecule is CCOC1CC(CC(=O)NCC(C)C(N)=NO)C1.